The van der Waals surface area contributed by atoms with Crippen molar-refractivity contribution in [3.8, 4) is 0 Å². The van der Waals surface area contributed by atoms with Crippen LogP contribution in [0.25, 0.3) is 0 Å². The Labute approximate surface area is 126 Å². The highest BCUT2D eigenvalue weighted by Crippen LogP contribution is 1.80. The van der Waals surface area contributed by atoms with Gasteiger partial charge in [-0.05, 0) is 0 Å². The molecule has 0 aromatic heterocycles. The highest BCUT2D eigenvalue weighted by molar-refractivity contribution is 14.1. The Kier molecular flexibility index (Phi) is 13.6. The van der Waals surface area contributed by atoms with E-state index in [0.717, 1.165) is 0 Å². The highest BCUT2D eigenvalue weighted by atomic mass is 127. The van der Waals surface area contributed by atoms with E-state index >= 15 is 0 Å². The largest absolute Gasteiger partial charge is 0.453 e. The molecule has 2 N–H and O–H groups in total. The first-order valence-corrected chi connectivity index (χ1v) is 10.4. The Morgan fingerprint density at radius 3 is 2.06 bits per heavy atom. The zero-order valence-electron chi connectivity index (χ0n) is 9.41. The fraction of sp³-hybridized carbons (Fsp3) is 0.750. The number of carbonyl (C=O) groups excluding carboxylic acids is 2. The molecular formula is C8H14Al2IN2O4. The molecule has 0 saturated carbocycles. The van der Waals surface area contributed by atoms with Crippen molar-refractivity contribution in [2.45, 2.75) is 0 Å². The van der Waals surface area contributed by atoms with Gasteiger partial charge in [-0.2, -0.15) is 0 Å². The summed E-state index contributed by atoms with van der Waals surface area (Å²) in [6.45, 7) is 2.97. The van der Waals surface area contributed by atoms with Crippen LogP contribution >= 0.6 is 20.3 Å². The lowest BCUT2D eigenvalue weighted by atomic mass is 10.6. The summed E-state index contributed by atoms with van der Waals surface area (Å²) in [6.07, 6.45) is 0. The van der Waals surface area contributed by atoms with E-state index in [9.17, 15) is 9.59 Å². The Balaban J connectivity index is 3.03. The third kappa shape index (κ3) is 14.6. The summed E-state index contributed by atoms with van der Waals surface area (Å²) in [7, 11) is 0. The number of rotatable bonds is 10. The lowest BCUT2D eigenvalue weighted by Gasteiger charge is -2.07. The van der Waals surface area contributed by atoms with E-state index in [4.69, 9.17) is 9.47 Å². The van der Waals surface area contributed by atoms with Crippen molar-refractivity contribution in [2.75, 3.05) is 39.5 Å². The van der Waals surface area contributed by atoms with E-state index in [2.05, 4.69) is 30.9 Å². The molecule has 9 heteroatoms. The van der Waals surface area contributed by atoms with Gasteiger partial charge in [0.1, 0.15) is 4.77 Å². The number of ether oxygens (including phenoxy) is 2. The van der Waals surface area contributed by atoms with E-state index in [1.165, 1.54) is 0 Å². The maximum atomic E-state index is 10.9. The summed E-state index contributed by atoms with van der Waals surface area (Å²) >= 11 is 3.93. The lowest BCUT2D eigenvalue weighted by Crippen LogP contribution is -2.28. The number of amides is 2. The van der Waals surface area contributed by atoms with Gasteiger partial charge in [-0.1, -0.05) is 0 Å². The fourth-order valence-corrected chi connectivity index (χ4v) is 1.88. The van der Waals surface area contributed by atoms with Gasteiger partial charge in [0, 0.05) is 13.1 Å². The van der Waals surface area contributed by atoms with Crippen molar-refractivity contribution in [3.05, 3.63) is 0 Å². The molecule has 0 atom stereocenters. The first-order valence-electron chi connectivity index (χ1n) is 5.07. The average Bonchev–Trinajstić information content (AvgIpc) is 2.30. The van der Waals surface area contributed by atoms with Crippen LogP contribution in [0.2, 0.25) is 0 Å². The van der Waals surface area contributed by atoms with E-state index in [0.29, 0.717) is 39.5 Å². The minimum atomic E-state index is -0.187. The molecule has 6 nitrogen and oxygen atoms in total. The van der Waals surface area contributed by atoms with Crippen LogP contribution in [0, 0.1) is 0 Å². The molecule has 0 aromatic rings. The molecule has 3 radical (unpaired) electrons. The van der Waals surface area contributed by atoms with Gasteiger partial charge < -0.3 is 24.9 Å². The number of hydrogen-bond donors (Lipinski definition) is 2. The van der Waals surface area contributed by atoms with E-state index < -0.39 is 0 Å². The Hall–Kier alpha value is 0.655. The number of nitrogens with one attached hydrogen (secondary N) is 2. The minimum Gasteiger partial charge on any atom is -0.377 e. The molecule has 17 heavy (non-hydrogen) atoms. The zero-order chi connectivity index (χ0) is 12.9. The monoisotopic (exact) mass is 383 g/mol. The quantitative estimate of drug-likeness (QED) is 0.308. The SMILES string of the molecule is O=[C]([Al])NCCOCCOCCN[C](=O)[Al][I]. The maximum Gasteiger partial charge on any atom is 0.453 e. The third-order valence-corrected chi connectivity index (χ3v) is 3.87. The zero-order valence-corrected chi connectivity index (χ0v) is 13.9. The van der Waals surface area contributed by atoms with Crippen LogP contribution in [0.3, 0.4) is 0 Å². The van der Waals surface area contributed by atoms with Gasteiger partial charge in [0.2, 0.25) is 0 Å². The normalized spacial score (nSPS) is 9.71. The van der Waals surface area contributed by atoms with E-state index in [1.54, 1.807) is 0 Å². The molecule has 0 fully saturated rings. The van der Waals surface area contributed by atoms with Crippen LogP contribution in [0.4, 0.5) is 9.59 Å². The predicted molar refractivity (Wildman–Crippen MR) is 74.0 cm³/mol. The molecule has 0 aliphatic carbocycles. The molecule has 93 valence electrons. The molecule has 0 aromatic carbocycles. The standard InChI is InChI=1S/C8H14N2O4.2Al.HI/c11-7-9-1-3-13-5-6-14-4-2-10-8-12;;;/h1-6H2,(H,9,11)(H,10,12);;;1H/q;;+1;/p-1. The van der Waals surface area contributed by atoms with Crippen molar-refractivity contribution < 1.29 is 19.1 Å². The van der Waals surface area contributed by atoms with Gasteiger partial charge in [0.25, 0.3) is 16.3 Å². The van der Waals surface area contributed by atoms with Crippen LogP contribution in [-0.4, -0.2) is 77.3 Å². The predicted octanol–water partition coefficient (Wildman–Crippen LogP) is -0.338. The van der Waals surface area contributed by atoms with Crippen LogP contribution in [0.5, 0.6) is 0 Å². The Bertz CT molecular complexity index is 234. The van der Waals surface area contributed by atoms with Crippen molar-refractivity contribution in [2.24, 2.45) is 0 Å². The average molecular weight is 383 g/mol. The summed E-state index contributed by atoms with van der Waals surface area (Å²) in [5, 5.41) is 5.32. The van der Waals surface area contributed by atoms with Crippen molar-refractivity contribution in [1.29, 1.82) is 0 Å². The van der Waals surface area contributed by atoms with Crippen molar-refractivity contribution >= 4 is 58.0 Å². The summed E-state index contributed by atoms with van der Waals surface area (Å²) in [5.41, 5.74) is 0. The fourth-order valence-electron chi connectivity index (χ4n) is 0.853. The van der Waals surface area contributed by atoms with E-state index in [-0.39, 0.29) is 21.5 Å². The van der Waals surface area contributed by atoms with Crippen molar-refractivity contribution in [3.63, 3.8) is 0 Å². The molecule has 0 rings (SSSR count). The molecule has 0 saturated heterocycles. The summed E-state index contributed by atoms with van der Waals surface area (Å²) in [6, 6.07) is 0. The first kappa shape index (κ1) is 17.7. The molecule has 0 spiro atoms. The van der Waals surface area contributed by atoms with Gasteiger partial charge in [-0.25, -0.2) is 20.3 Å². The van der Waals surface area contributed by atoms with Gasteiger partial charge in [-0.3, -0.25) is 4.79 Å². The van der Waals surface area contributed by atoms with Crippen LogP contribution in [0.15, 0.2) is 0 Å². The Morgan fingerprint density at radius 1 is 1.06 bits per heavy atom. The smallest absolute Gasteiger partial charge is 0.377 e. The summed E-state index contributed by atoms with van der Waals surface area (Å²) in [5.74, 6) is 0. The molecule has 0 aliphatic heterocycles. The molecule has 2 amide bonds. The van der Waals surface area contributed by atoms with Crippen LogP contribution in [0.1, 0.15) is 0 Å². The molecule has 0 heterocycles. The number of halogens is 1. The van der Waals surface area contributed by atoms with Gasteiger partial charge in [0.15, 0.2) is 0 Å². The second kappa shape index (κ2) is 13.1. The maximum absolute atomic E-state index is 10.9. The van der Waals surface area contributed by atoms with E-state index in [1.807, 2.05) is 16.3 Å². The number of carbonyl (C=O) groups is 2. The van der Waals surface area contributed by atoms with Gasteiger partial charge >= 0.3 is 11.9 Å². The lowest BCUT2D eigenvalue weighted by molar-refractivity contribution is 0.0513. The van der Waals surface area contributed by atoms with Crippen LogP contribution in [-0.2, 0) is 9.47 Å². The van der Waals surface area contributed by atoms with Gasteiger partial charge in [-0.15, -0.1) is 0 Å². The summed E-state index contributed by atoms with van der Waals surface area (Å²) < 4.78 is 10.4. The highest BCUT2D eigenvalue weighted by Gasteiger charge is 1.98. The van der Waals surface area contributed by atoms with Gasteiger partial charge in [0.05, 0.1) is 31.2 Å². The molecule has 0 bridgehead atoms. The molecular weight excluding hydrogens is 369 g/mol. The third-order valence-electron chi connectivity index (χ3n) is 1.56. The van der Waals surface area contributed by atoms with Crippen LogP contribution < -0.4 is 10.6 Å². The number of hydrogen-bond acceptors (Lipinski definition) is 4. The molecule has 0 unspecified atom stereocenters. The van der Waals surface area contributed by atoms with Crippen molar-refractivity contribution in [1.82, 2.24) is 10.6 Å². The second-order valence-corrected chi connectivity index (χ2v) is 6.05. The first-order chi connectivity index (χ1) is 8.16. The second-order valence-electron chi connectivity index (χ2n) is 2.92. The Morgan fingerprint density at radius 2 is 1.59 bits per heavy atom. The summed E-state index contributed by atoms with van der Waals surface area (Å²) in [4.78, 5) is 21.3. The topological polar surface area (TPSA) is 76.7 Å². The molecule has 0 aliphatic rings. The minimum absolute atomic E-state index is 0.0960.